The molecule has 9 heteroatoms. The van der Waals surface area contributed by atoms with Crippen molar-refractivity contribution in [3.63, 3.8) is 0 Å². The number of pyridine rings is 1. The van der Waals surface area contributed by atoms with Gasteiger partial charge in [-0.15, -0.1) is 0 Å². The SMILES string of the molecule is COc1ccc2nccc([C@H](O)CC[C@@H]3CCN(CCSc4ncccn4)C[C@@H]3CC(=O)O)c2c1. The number of piperidine rings is 1. The van der Waals surface area contributed by atoms with E-state index in [1.54, 1.807) is 43.5 Å². The number of likely N-dealkylation sites (tertiary alicyclic amines) is 1. The third kappa shape index (κ3) is 6.90. The average molecular weight is 497 g/mol. The molecule has 186 valence electrons. The van der Waals surface area contributed by atoms with Gasteiger partial charge in [-0.1, -0.05) is 11.8 Å². The van der Waals surface area contributed by atoms with Crippen LogP contribution in [-0.4, -0.2) is 68.5 Å². The van der Waals surface area contributed by atoms with Crippen molar-refractivity contribution in [2.75, 3.05) is 32.5 Å². The molecule has 0 unspecified atom stereocenters. The minimum Gasteiger partial charge on any atom is -0.497 e. The minimum atomic E-state index is -0.762. The van der Waals surface area contributed by atoms with Gasteiger partial charge >= 0.3 is 5.97 Å². The van der Waals surface area contributed by atoms with Gasteiger partial charge in [-0.25, -0.2) is 9.97 Å². The van der Waals surface area contributed by atoms with E-state index < -0.39 is 12.1 Å². The van der Waals surface area contributed by atoms with E-state index in [1.807, 2.05) is 24.3 Å². The molecule has 0 radical (unpaired) electrons. The molecular formula is C26H32N4O4S. The van der Waals surface area contributed by atoms with Gasteiger partial charge in [0.05, 0.1) is 18.7 Å². The third-order valence-corrected chi connectivity index (χ3v) is 7.60. The number of rotatable bonds is 11. The molecule has 0 saturated carbocycles. The Labute approximate surface area is 209 Å². The summed E-state index contributed by atoms with van der Waals surface area (Å²) in [4.78, 5) is 26.8. The maximum Gasteiger partial charge on any atom is 0.303 e. The number of aliphatic hydroxyl groups is 1. The van der Waals surface area contributed by atoms with Crippen molar-refractivity contribution < 1.29 is 19.7 Å². The first-order valence-corrected chi connectivity index (χ1v) is 13.0. The quantitative estimate of drug-likeness (QED) is 0.300. The molecule has 1 aliphatic heterocycles. The van der Waals surface area contributed by atoms with Gasteiger partial charge in [-0.3, -0.25) is 9.78 Å². The molecule has 1 saturated heterocycles. The third-order valence-electron chi connectivity index (χ3n) is 6.75. The standard InChI is InChI=1S/C26H32N4O4S/c1-34-20-4-5-23-22(16-20)21(7-11-27-23)24(31)6-3-18-8-12-30(17-19(18)15-25(32)33)13-14-35-26-28-9-2-10-29-26/h2,4-5,7,9-11,16,18-19,24,31H,3,6,8,12-15,17H2,1H3,(H,32,33)/t18-,19+,24-/m1/s1. The van der Waals surface area contributed by atoms with E-state index >= 15 is 0 Å². The number of carboxylic acid groups (broad SMARTS) is 1. The highest BCUT2D eigenvalue weighted by Crippen LogP contribution is 2.35. The van der Waals surface area contributed by atoms with Gasteiger partial charge in [0.2, 0.25) is 0 Å². The Bertz CT molecular complexity index is 1120. The number of aromatic nitrogens is 3. The van der Waals surface area contributed by atoms with E-state index in [-0.39, 0.29) is 18.3 Å². The van der Waals surface area contributed by atoms with Crippen molar-refractivity contribution in [3.05, 3.63) is 54.5 Å². The lowest BCUT2D eigenvalue weighted by Crippen LogP contribution is -2.42. The summed E-state index contributed by atoms with van der Waals surface area (Å²) in [6.07, 6.45) is 7.01. The number of nitrogens with zero attached hydrogens (tertiary/aromatic N) is 4. The maximum atomic E-state index is 11.6. The number of aliphatic hydroxyl groups excluding tert-OH is 1. The Balaban J connectivity index is 1.35. The molecule has 0 bridgehead atoms. The molecule has 3 heterocycles. The molecule has 2 N–H and O–H groups in total. The normalized spacial score (nSPS) is 19.5. The van der Waals surface area contributed by atoms with Crippen LogP contribution in [0.15, 0.2) is 54.1 Å². The number of benzene rings is 1. The van der Waals surface area contributed by atoms with Crippen molar-refractivity contribution in [2.24, 2.45) is 11.8 Å². The van der Waals surface area contributed by atoms with Crippen LogP contribution < -0.4 is 4.74 Å². The first-order valence-electron chi connectivity index (χ1n) is 12.0. The highest BCUT2D eigenvalue weighted by Gasteiger charge is 2.31. The Morgan fingerprint density at radius 3 is 2.80 bits per heavy atom. The summed E-state index contributed by atoms with van der Waals surface area (Å²) in [6.45, 7) is 2.57. The first kappa shape index (κ1) is 25.3. The molecule has 4 rings (SSSR count). The fourth-order valence-corrected chi connectivity index (χ4v) is 5.72. The second kappa shape index (κ2) is 12.3. The molecule has 0 spiro atoms. The van der Waals surface area contributed by atoms with E-state index in [0.717, 1.165) is 65.6 Å². The maximum absolute atomic E-state index is 11.6. The average Bonchev–Trinajstić information content (AvgIpc) is 2.87. The molecule has 2 aromatic heterocycles. The highest BCUT2D eigenvalue weighted by molar-refractivity contribution is 7.99. The Morgan fingerprint density at radius 1 is 1.20 bits per heavy atom. The van der Waals surface area contributed by atoms with Crippen LogP contribution in [0.25, 0.3) is 10.9 Å². The Hall–Kier alpha value is -2.75. The van der Waals surface area contributed by atoms with Crippen molar-refractivity contribution >= 4 is 28.6 Å². The van der Waals surface area contributed by atoms with Gasteiger partial charge in [-0.05, 0) is 73.5 Å². The van der Waals surface area contributed by atoms with Gasteiger partial charge in [0, 0.05) is 49.2 Å². The van der Waals surface area contributed by atoms with E-state index in [9.17, 15) is 15.0 Å². The highest BCUT2D eigenvalue weighted by atomic mass is 32.2. The summed E-state index contributed by atoms with van der Waals surface area (Å²) in [5.74, 6) is 1.17. The predicted molar refractivity (Wildman–Crippen MR) is 136 cm³/mol. The van der Waals surface area contributed by atoms with Crippen LogP contribution in [-0.2, 0) is 4.79 Å². The fraction of sp³-hybridized carbons (Fsp3) is 0.462. The first-order chi connectivity index (χ1) is 17.0. The van der Waals surface area contributed by atoms with E-state index in [1.165, 1.54) is 0 Å². The molecule has 8 nitrogen and oxygen atoms in total. The largest absolute Gasteiger partial charge is 0.497 e. The number of ether oxygens (including phenoxy) is 1. The topological polar surface area (TPSA) is 109 Å². The summed E-state index contributed by atoms with van der Waals surface area (Å²) in [7, 11) is 1.62. The zero-order chi connectivity index (χ0) is 24.6. The Morgan fingerprint density at radius 2 is 2.03 bits per heavy atom. The van der Waals surface area contributed by atoms with Crippen molar-refractivity contribution in [1.82, 2.24) is 19.9 Å². The minimum absolute atomic E-state index is 0.0701. The molecule has 35 heavy (non-hydrogen) atoms. The van der Waals surface area contributed by atoms with Gasteiger partial charge < -0.3 is 19.8 Å². The molecular weight excluding hydrogens is 464 g/mol. The number of fused-ring (bicyclic) bond motifs is 1. The second-order valence-corrected chi connectivity index (χ2v) is 10.0. The number of methoxy groups -OCH3 is 1. The van der Waals surface area contributed by atoms with Crippen LogP contribution in [0.4, 0.5) is 0 Å². The summed E-state index contributed by atoms with van der Waals surface area (Å²) in [5.41, 5.74) is 1.65. The van der Waals surface area contributed by atoms with Gasteiger partial charge in [-0.2, -0.15) is 0 Å². The lowest BCUT2D eigenvalue weighted by Gasteiger charge is -2.38. The van der Waals surface area contributed by atoms with Crippen molar-refractivity contribution in [1.29, 1.82) is 0 Å². The zero-order valence-electron chi connectivity index (χ0n) is 19.9. The molecule has 1 aliphatic rings. The molecule has 3 aromatic rings. The Kier molecular flexibility index (Phi) is 8.90. The number of hydrogen-bond donors (Lipinski definition) is 2. The monoisotopic (exact) mass is 496 g/mol. The fourth-order valence-electron chi connectivity index (χ4n) is 4.91. The van der Waals surface area contributed by atoms with Crippen LogP contribution in [0.5, 0.6) is 5.75 Å². The smallest absolute Gasteiger partial charge is 0.303 e. The van der Waals surface area contributed by atoms with Gasteiger partial charge in [0.1, 0.15) is 5.75 Å². The summed E-state index contributed by atoms with van der Waals surface area (Å²) >= 11 is 1.62. The summed E-state index contributed by atoms with van der Waals surface area (Å²) < 4.78 is 5.35. The van der Waals surface area contributed by atoms with Crippen LogP contribution in [0, 0.1) is 11.8 Å². The van der Waals surface area contributed by atoms with Crippen LogP contribution >= 0.6 is 11.8 Å². The van der Waals surface area contributed by atoms with Crippen molar-refractivity contribution in [3.8, 4) is 5.75 Å². The van der Waals surface area contributed by atoms with Crippen LogP contribution in [0.1, 0.15) is 37.4 Å². The number of hydrogen-bond acceptors (Lipinski definition) is 8. The molecule has 1 aromatic carbocycles. The predicted octanol–water partition coefficient (Wildman–Crippen LogP) is 4.05. The lowest BCUT2D eigenvalue weighted by atomic mass is 9.79. The molecule has 0 aliphatic carbocycles. The van der Waals surface area contributed by atoms with E-state index in [2.05, 4.69) is 19.9 Å². The van der Waals surface area contributed by atoms with Gasteiger partial charge in [0.25, 0.3) is 0 Å². The second-order valence-electron chi connectivity index (χ2n) is 8.96. The summed E-state index contributed by atoms with van der Waals surface area (Å²) in [6, 6.07) is 9.33. The molecule has 0 amide bonds. The van der Waals surface area contributed by atoms with Gasteiger partial charge in [0.15, 0.2) is 5.16 Å². The number of carbonyl (C=O) groups is 1. The molecule has 3 atom stereocenters. The summed E-state index contributed by atoms with van der Waals surface area (Å²) in [5, 5.41) is 22.2. The van der Waals surface area contributed by atoms with Crippen LogP contribution in [0.3, 0.4) is 0 Å². The number of aliphatic carboxylic acids is 1. The van der Waals surface area contributed by atoms with Crippen LogP contribution in [0.2, 0.25) is 0 Å². The zero-order valence-corrected chi connectivity index (χ0v) is 20.7. The number of thioether (sulfide) groups is 1. The lowest BCUT2D eigenvalue weighted by molar-refractivity contribution is -0.139. The van der Waals surface area contributed by atoms with Crippen molar-refractivity contribution in [2.45, 2.75) is 36.9 Å². The molecule has 1 fully saturated rings. The van der Waals surface area contributed by atoms with E-state index in [4.69, 9.17) is 4.74 Å². The van der Waals surface area contributed by atoms with E-state index in [0.29, 0.717) is 6.42 Å². The number of carboxylic acids is 1.